The van der Waals surface area contributed by atoms with Crippen molar-refractivity contribution in [2.75, 3.05) is 32.4 Å². The molecular formula is C12H17FN2O2S. The maximum Gasteiger partial charge on any atom is 0.178 e. The molecule has 2 rings (SSSR count). The number of sulfone groups is 1. The molecule has 100 valence electrons. The third-order valence-electron chi connectivity index (χ3n) is 3.05. The Balaban J connectivity index is 2.23. The molecule has 1 saturated heterocycles. The molecule has 4 nitrogen and oxygen atoms in total. The van der Waals surface area contributed by atoms with Gasteiger partial charge in [-0.05, 0) is 6.07 Å². The lowest BCUT2D eigenvalue weighted by Gasteiger charge is -2.27. The Bertz CT molecular complexity index is 525. The Morgan fingerprint density at radius 2 is 2.00 bits per heavy atom. The van der Waals surface area contributed by atoms with Gasteiger partial charge < -0.3 is 5.32 Å². The molecule has 0 atom stereocenters. The van der Waals surface area contributed by atoms with Gasteiger partial charge in [0, 0.05) is 44.5 Å². The topological polar surface area (TPSA) is 49.4 Å². The van der Waals surface area contributed by atoms with E-state index in [1.165, 1.54) is 6.07 Å². The molecule has 0 aliphatic carbocycles. The molecule has 0 radical (unpaired) electrons. The van der Waals surface area contributed by atoms with Crippen molar-refractivity contribution in [3.63, 3.8) is 0 Å². The number of hydrogen-bond donors (Lipinski definition) is 1. The molecule has 1 aliphatic heterocycles. The van der Waals surface area contributed by atoms with Crippen LogP contribution in [0.2, 0.25) is 0 Å². The van der Waals surface area contributed by atoms with E-state index >= 15 is 0 Å². The highest BCUT2D eigenvalue weighted by atomic mass is 32.2. The van der Waals surface area contributed by atoms with Crippen molar-refractivity contribution in [3.05, 3.63) is 29.6 Å². The van der Waals surface area contributed by atoms with Crippen LogP contribution in [0.15, 0.2) is 23.1 Å². The van der Waals surface area contributed by atoms with Crippen molar-refractivity contribution in [2.24, 2.45) is 0 Å². The third-order valence-corrected chi connectivity index (χ3v) is 4.16. The zero-order chi connectivity index (χ0) is 13.2. The molecule has 1 aromatic rings. The van der Waals surface area contributed by atoms with Gasteiger partial charge >= 0.3 is 0 Å². The van der Waals surface area contributed by atoms with Gasteiger partial charge in [0.2, 0.25) is 0 Å². The van der Waals surface area contributed by atoms with Gasteiger partial charge in [0.25, 0.3) is 0 Å². The molecule has 0 bridgehead atoms. The molecule has 1 aromatic carbocycles. The lowest BCUT2D eigenvalue weighted by molar-refractivity contribution is 0.230. The van der Waals surface area contributed by atoms with E-state index in [1.807, 2.05) is 0 Å². The molecule has 0 aromatic heterocycles. The van der Waals surface area contributed by atoms with Crippen LogP contribution in [-0.2, 0) is 16.4 Å². The lowest BCUT2D eigenvalue weighted by atomic mass is 10.2. The Morgan fingerprint density at radius 3 is 2.61 bits per heavy atom. The van der Waals surface area contributed by atoms with Crippen LogP contribution in [0.25, 0.3) is 0 Å². The average molecular weight is 272 g/mol. The SMILES string of the molecule is CS(=O)(=O)c1cccc(CN2CCNCC2)c1F. The van der Waals surface area contributed by atoms with Gasteiger partial charge in [-0.15, -0.1) is 0 Å². The van der Waals surface area contributed by atoms with E-state index in [9.17, 15) is 12.8 Å². The van der Waals surface area contributed by atoms with Gasteiger partial charge in [0.1, 0.15) is 10.7 Å². The van der Waals surface area contributed by atoms with Crippen LogP contribution in [0.3, 0.4) is 0 Å². The normalized spacial score (nSPS) is 17.9. The van der Waals surface area contributed by atoms with Gasteiger partial charge in [-0.2, -0.15) is 0 Å². The number of benzene rings is 1. The van der Waals surface area contributed by atoms with Crippen molar-refractivity contribution in [2.45, 2.75) is 11.4 Å². The van der Waals surface area contributed by atoms with Crippen molar-refractivity contribution in [1.29, 1.82) is 0 Å². The van der Waals surface area contributed by atoms with E-state index in [0.717, 1.165) is 32.4 Å². The van der Waals surface area contributed by atoms with Crippen molar-refractivity contribution in [1.82, 2.24) is 10.2 Å². The van der Waals surface area contributed by atoms with Crippen molar-refractivity contribution in [3.8, 4) is 0 Å². The zero-order valence-corrected chi connectivity index (χ0v) is 11.1. The largest absolute Gasteiger partial charge is 0.314 e. The van der Waals surface area contributed by atoms with Gasteiger partial charge in [0.15, 0.2) is 9.84 Å². The van der Waals surface area contributed by atoms with Gasteiger partial charge in [-0.25, -0.2) is 12.8 Å². The first-order valence-electron chi connectivity index (χ1n) is 5.89. The molecule has 1 fully saturated rings. The summed E-state index contributed by atoms with van der Waals surface area (Å²) < 4.78 is 37.0. The summed E-state index contributed by atoms with van der Waals surface area (Å²) in [7, 11) is -3.50. The Hall–Kier alpha value is -0.980. The minimum absolute atomic E-state index is 0.213. The van der Waals surface area contributed by atoms with Crippen LogP contribution in [0.5, 0.6) is 0 Å². The van der Waals surface area contributed by atoms with Gasteiger partial charge in [-0.1, -0.05) is 12.1 Å². The van der Waals surface area contributed by atoms with E-state index < -0.39 is 15.7 Å². The fraction of sp³-hybridized carbons (Fsp3) is 0.500. The summed E-state index contributed by atoms with van der Waals surface area (Å²) in [6.45, 7) is 3.92. The average Bonchev–Trinajstić information content (AvgIpc) is 2.32. The predicted octanol–water partition coefficient (Wildman–Crippen LogP) is 0.634. The first-order valence-corrected chi connectivity index (χ1v) is 7.78. The molecule has 1 heterocycles. The fourth-order valence-electron chi connectivity index (χ4n) is 2.07. The van der Waals surface area contributed by atoms with Crippen molar-refractivity contribution >= 4 is 9.84 Å². The standard InChI is InChI=1S/C12H17FN2O2S/c1-18(16,17)11-4-2-3-10(12(11)13)9-15-7-5-14-6-8-15/h2-4,14H,5-9H2,1H3. The quantitative estimate of drug-likeness (QED) is 0.877. The highest BCUT2D eigenvalue weighted by Gasteiger charge is 2.18. The van der Waals surface area contributed by atoms with E-state index in [2.05, 4.69) is 10.2 Å². The highest BCUT2D eigenvalue weighted by molar-refractivity contribution is 7.90. The Labute approximate surface area is 107 Å². The second-order valence-corrected chi connectivity index (χ2v) is 6.51. The maximum absolute atomic E-state index is 14.1. The number of hydrogen-bond acceptors (Lipinski definition) is 4. The lowest BCUT2D eigenvalue weighted by Crippen LogP contribution is -2.43. The molecule has 1 aliphatic rings. The van der Waals surface area contributed by atoms with Crippen LogP contribution < -0.4 is 5.32 Å². The molecular weight excluding hydrogens is 255 g/mol. The van der Waals surface area contributed by atoms with Crippen LogP contribution in [0.1, 0.15) is 5.56 Å². The summed E-state index contributed by atoms with van der Waals surface area (Å²) in [4.78, 5) is 1.90. The smallest absolute Gasteiger partial charge is 0.178 e. The molecule has 0 amide bonds. The molecule has 18 heavy (non-hydrogen) atoms. The number of nitrogens with zero attached hydrogens (tertiary/aromatic N) is 1. The number of rotatable bonds is 3. The van der Waals surface area contributed by atoms with E-state index in [1.54, 1.807) is 12.1 Å². The second kappa shape index (κ2) is 5.34. The molecule has 1 N–H and O–H groups in total. The number of halogens is 1. The first-order chi connectivity index (χ1) is 8.48. The number of nitrogens with one attached hydrogen (secondary N) is 1. The summed E-state index contributed by atoms with van der Waals surface area (Å²) in [6, 6.07) is 4.55. The molecule has 6 heteroatoms. The van der Waals surface area contributed by atoms with Crippen LogP contribution >= 0.6 is 0 Å². The molecule has 0 unspecified atom stereocenters. The minimum Gasteiger partial charge on any atom is -0.314 e. The van der Waals surface area contributed by atoms with Crippen LogP contribution in [-0.4, -0.2) is 45.8 Å². The van der Waals surface area contributed by atoms with Gasteiger partial charge in [-0.3, -0.25) is 4.90 Å². The predicted molar refractivity (Wildman–Crippen MR) is 67.7 cm³/mol. The number of piperazine rings is 1. The fourth-order valence-corrected chi connectivity index (χ4v) is 2.86. The molecule has 0 spiro atoms. The van der Waals surface area contributed by atoms with E-state index in [4.69, 9.17) is 0 Å². The monoisotopic (exact) mass is 272 g/mol. The van der Waals surface area contributed by atoms with Crippen molar-refractivity contribution < 1.29 is 12.8 Å². The zero-order valence-electron chi connectivity index (χ0n) is 10.3. The second-order valence-electron chi connectivity index (χ2n) is 4.53. The van der Waals surface area contributed by atoms with E-state index in [0.29, 0.717) is 12.1 Å². The summed E-state index contributed by atoms with van der Waals surface area (Å²) in [5.41, 5.74) is 0.444. The first kappa shape index (κ1) is 13.5. The van der Waals surface area contributed by atoms with Crippen LogP contribution in [0.4, 0.5) is 4.39 Å². The third kappa shape index (κ3) is 3.07. The Morgan fingerprint density at radius 1 is 1.33 bits per heavy atom. The Kier molecular flexibility index (Phi) is 3.99. The minimum atomic E-state index is -3.50. The summed E-state index contributed by atoms with van der Waals surface area (Å²) in [5, 5.41) is 3.22. The summed E-state index contributed by atoms with van der Waals surface area (Å²) in [5.74, 6) is -0.612. The summed E-state index contributed by atoms with van der Waals surface area (Å²) >= 11 is 0. The van der Waals surface area contributed by atoms with Crippen LogP contribution in [0, 0.1) is 5.82 Å². The molecule has 0 saturated carbocycles. The van der Waals surface area contributed by atoms with E-state index in [-0.39, 0.29) is 4.90 Å². The summed E-state index contributed by atoms with van der Waals surface area (Å²) in [6.07, 6.45) is 1.03. The maximum atomic E-state index is 14.1. The highest BCUT2D eigenvalue weighted by Crippen LogP contribution is 2.19. The van der Waals surface area contributed by atoms with Gasteiger partial charge in [0.05, 0.1) is 0 Å².